The summed E-state index contributed by atoms with van der Waals surface area (Å²) in [5, 5.41) is 14.2. The van der Waals surface area contributed by atoms with Crippen molar-refractivity contribution in [2.45, 2.75) is 44.5 Å². The maximum Gasteiger partial charge on any atom is 0.416 e. The number of anilines is 1. The first-order valence-electron chi connectivity index (χ1n) is 12.1. The molecule has 0 radical (unpaired) electrons. The molecule has 0 spiro atoms. The molecule has 0 saturated heterocycles. The van der Waals surface area contributed by atoms with Crippen LogP contribution in [-0.2, 0) is 16.6 Å². The van der Waals surface area contributed by atoms with Crippen LogP contribution in [0.1, 0.15) is 53.7 Å². The van der Waals surface area contributed by atoms with E-state index in [1.54, 1.807) is 0 Å². The normalized spacial score (nSPS) is 23.3. The van der Waals surface area contributed by atoms with Gasteiger partial charge < -0.3 is 20.2 Å². The van der Waals surface area contributed by atoms with Crippen molar-refractivity contribution >= 4 is 40.7 Å². The van der Waals surface area contributed by atoms with E-state index in [-0.39, 0.29) is 39.3 Å². The second-order valence-electron chi connectivity index (χ2n) is 9.46. The van der Waals surface area contributed by atoms with Crippen LogP contribution in [0.15, 0.2) is 30.3 Å². The van der Waals surface area contributed by atoms with Gasteiger partial charge >= 0.3 is 6.18 Å². The summed E-state index contributed by atoms with van der Waals surface area (Å²) >= 11 is 12.3. The van der Waals surface area contributed by atoms with Gasteiger partial charge in [-0.2, -0.15) is 13.2 Å². The molecular weight excluding hydrogens is 530 g/mol. The predicted molar refractivity (Wildman–Crippen MR) is 136 cm³/mol. The third-order valence-electron chi connectivity index (χ3n) is 7.42. The van der Waals surface area contributed by atoms with Gasteiger partial charge in [-0.3, -0.25) is 9.59 Å². The zero-order valence-corrected chi connectivity index (χ0v) is 22.1. The molecule has 0 aromatic heterocycles. The minimum atomic E-state index is -4.97. The third kappa shape index (κ3) is 4.71. The highest BCUT2D eigenvalue weighted by Gasteiger charge is 2.57. The van der Waals surface area contributed by atoms with Crippen LogP contribution in [0.5, 0.6) is 0 Å². The van der Waals surface area contributed by atoms with E-state index in [1.807, 2.05) is 0 Å². The van der Waals surface area contributed by atoms with Crippen molar-refractivity contribution in [3.63, 3.8) is 0 Å². The Bertz CT molecular complexity index is 1230. The lowest BCUT2D eigenvalue weighted by molar-refractivity contribution is -0.142. The molecule has 0 bridgehead atoms. The third-order valence-corrected chi connectivity index (χ3v) is 7.97. The Morgan fingerprint density at radius 1 is 1.19 bits per heavy atom. The van der Waals surface area contributed by atoms with Gasteiger partial charge in [0.2, 0.25) is 0 Å². The average Bonchev–Trinajstić information content (AvgIpc) is 3.03. The number of amides is 2. The van der Waals surface area contributed by atoms with E-state index in [0.29, 0.717) is 12.1 Å². The van der Waals surface area contributed by atoms with Crippen LogP contribution in [0.2, 0.25) is 10.0 Å². The minimum absolute atomic E-state index is 0.0171. The second kappa shape index (κ2) is 10.1. The Morgan fingerprint density at radius 3 is 2.38 bits per heavy atom. The molecule has 2 aromatic rings. The predicted octanol–water partition coefficient (Wildman–Crippen LogP) is 5.07. The summed E-state index contributed by atoms with van der Waals surface area (Å²) in [6.45, 7) is 5.97. The highest BCUT2D eigenvalue weighted by atomic mass is 35.5. The smallest absolute Gasteiger partial charge is 0.372 e. The number of aliphatic hydroxyl groups is 1. The quantitative estimate of drug-likeness (QED) is 0.498. The number of fused-ring (bicyclic) bond motifs is 1. The average molecular weight is 558 g/mol. The molecule has 200 valence electrons. The van der Waals surface area contributed by atoms with Crippen LogP contribution >= 0.6 is 23.2 Å². The molecule has 1 saturated carbocycles. The lowest BCUT2D eigenvalue weighted by atomic mass is 9.78. The van der Waals surface area contributed by atoms with Crippen molar-refractivity contribution in [1.29, 1.82) is 0 Å². The molecular formula is C26H28Cl2F3N3O3. The van der Waals surface area contributed by atoms with Gasteiger partial charge in [0.25, 0.3) is 11.8 Å². The fourth-order valence-electron chi connectivity index (χ4n) is 5.49. The van der Waals surface area contributed by atoms with Crippen molar-refractivity contribution in [1.82, 2.24) is 10.2 Å². The summed E-state index contributed by atoms with van der Waals surface area (Å²) in [5.41, 5.74) is -5.26. The highest BCUT2D eigenvalue weighted by molar-refractivity contribution is 6.35. The van der Waals surface area contributed by atoms with Crippen molar-refractivity contribution in [2.24, 2.45) is 5.92 Å². The number of nitrogens with one attached hydrogen (secondary N) is 1. The second-order valence-corrected chi connectivity index (χ2v) is 10.3. The minimum Gasteiger partial charge on any atom is -0.372 e. The largest absolute Gasteiger partial charge is 0.416 e. The SMILES string of the molecule is CCN(CC)C1CC(CN2C(=O)C(O)(c3ccc(Cl)cc3Cl)c3c2cc(C(=O)NC)cc3C(F)(F)F)C1. The number of nitrogens with zero attached hydrogens (tertiary/aromatic N) is 2. The standard InChI is InChI=1S/C26H28Cl2F3N3O3/c1-4-33(5-2)17-8-14(9-17)13-34-21-11-15(23(35)32-3)10-19(26(29,30)31)22(21)25(37,24(34)36)18-7-6-16(27)12-20(18)28/h6-7,10-12,14,17,37H,4-5,8-9,13H2,1-3H3,(H,32,35). The zero-order chi connectivity index (χ0) is 27.3. The Hall–Kier alpha value is -2.33. The first kappa shape index (κ1) is 27.7. The van der Waals surface area contributed by atoms with Crippen molar-refractivity contribution in [2.75, 3.05) is 31.6 Å². The number of halogens is 5. The zero-order valence-electron chi connectivity index (χ0n) is 20.6. The number of carbonyl (C=O) groups excluding carboxylic acids is 2. The molecule has 1 heterocycles. The van der Waals surface area contributed by atoms with Gasteiger partial charge in [0.05, 0.1) is 11.3 Å². The number of carbonyl (C=O) groups is 2. The van der Waals surface area contributed by atoms with Crippen LogP contribution < -0.4 is 10.2 Å². The number of hydrogen-bond donors (Lipinski definition) is 2. The molecule has 37 heavy (non-hydrogen) atoms. The molecule has 4 rings (SSSR count). The summed E-state index contributed by atoms with van der Waals surface area (Å²) in [5.74, 6) is -1.67. The summed E-state index contributed by atoms with van der Waals surface area (Å²) in [6.07, 6.45) is -3.44. The Labute approximate surface area is 223 Å². The molecule has 1 atom stereocenters. The monoisotopic (exact) mass is 557 g/mol. The molecule has 1 aliphatic carbocycles. The maximum atomic E-state index is 14.4. The Balaban J connectivity index is 1.87. The van der Waals surface area contributed by atoms with Gasteiger partial charge in [0, 0.05) is 46.4 Å². The fraction of sp³-hybridized carbons (Fsp3) is 0.462. The van der Waals surface area contributed by atoms with Gasteiger partial charge in [0.15, 0.2) is 5.60 Å². The Morgan fingerprint density at radius 2 is 1.84 bits per heavy atom. The summed E-state index contributed by atoms with van der Waals surface area (Å²) < 4.78 is 43.2. The van der Waals surface area contributed by atoms with E-state index in [1.165, 1.54) is 36.2 Å². The topological polar surface area (TPSA) is 72.9 Å². The van der Waals surface area contributed by atoms with Crippen molar-refractivity contribution in [3.05, 3.63) is 62.6 Å². The van der Waals surface area contributed by atoms with Crippen LogP contribution in [0, 0.1) is 5.92 Å². The van der Waals surface area contributed by atoms with Gasteiger partial charge in [-0.25, -0.2) is 0 Å². The van der Waals surface area contributed by atoms with Crippen LogP contribution in [0.4, 0.5) is 18.9 Å². The van der Waals surface area contributed by atoms with Gasteiger partial charge in [0.1, 0.15) is 0 Å². The Kier molecular flexibility index (Phi) is 7.56. The summed E-state index contributed by atoms with van der Waals surface area (Å²) in [6, 6.07) is 6.07. The molecule has 2 aliphatic rings. The maximum absolute atomic E-state index is 14.4. The number of benzene rings is 2. The number of alkyl halides is 3. The van der Waals surface area contributed by atoms with Gasteiger partial charge in [-0.1, -0.05) is 43.1 Å². The summed E-state index contributed by atoms with van der Waals surface area (Å²) in [4.78, 5) is 29.7. The van der Waals surface area contributed by atoms with E-state index < -0.39 is 34.7 Å². The van der Waals surface area contributed by atoms with Gasteiger partial charge in [-0.05, 0) is 56.1 Å². The van der Waals surface area contributed by atoms with Gasteiger partial charge in [-0.15, -0.1) is 0 Å². The number of rotatable bonds is 7. The van der Waals surface area contributed by atoms with E-state index in [4.69, 9.17) is 23.2 Å². The molecule has 2 amide bonds. The van der Waals surface area contributed by atoms with E-state index in [0.717, 1.165) is 25.9 Å². The van der Waals surface area contributed by atoms with Crippen molar-refractivity contribution in [3.8, 4) is 0 Å². The molecule has 2 N–H and O–H groups in total. The van der Waals surface area contributed by atoms with E-state index in [9.17, 15) is 27.9 Å². The summed E-state index contributed by atoms with van der Waals surface area (Å²) in [7, 11) is 1.30. The van der Waals surface area contributed by atoms with Crippen molar-refractivity contribution < 1.29 is 27.9 Å². The number of hydrogen-bond acceptors (Lipinski definition) is 4. The lowest BCUT2D eigenvalue weighted by Gasteiger charge is -2.43. The van der Waals surface area contributed by atoms with E-state index in [2.05, 4.69) is 24.1 Å². The molecule has 1 aliphatic heterocycles. The first-order valence-corrected chi connectivity index (χ1v) is 12.8. The van der Waals surface area contributed by atoms with E-state index >= 15 is 0 Å². The molecule has 6 nitrogen and oxygen atoms in total. The van der Waals surface area contributed by atoms with Crippen LogP contribution in [0.3, 0.4) is 0 Å². The highest BCUT2D eigenvalue weighted by Crippen LogP contribution is 2.52. The van der Waals surface area contributed by atoms with Crippen LogP contribution in [-0.4, -0.2) is 54.5 Å². The van der Waals surface area contributed by atoms with Crippen LogP contribution in [0.25, 0.3) is 0 Å². The molecule has 11 heteroatoms. The fourth-order valence-corrected chi connectivity index (χ4v) is 6.04. The lowest BCUT2D eigenvalue weighted by Crippen LogP contribution is -2.50. The molecule has 2 aromatic carbocycles. The first-order chi connectivity index (χ1) is 17.4. The molecule has 1 unspecified atom stereocenters. The molecule has 1 fully saturated rings.